The van der Waals surface area contributed by atoms with Crippen molar-refractivity contribution in [2.75, 3.05) is 16.5 Å². The third-order valence-corrected chi connectivity index (χ3v) is 12.2. The number of hydrogen-bond donors (Lipinski definition) is 2. The van der Waals surface area contributed by atoms with Gasteiger partial charge in [-0.25, -0.2) is 0 Å². The average Bonchev–Trinajstić information content (AvgIpc) is 3.62. The van der Waals surface area contributed by atoms with E-state index in [9.17, 15) is 10.2 Å². The Kier molecular flexibility index (Phi) is 6.73. The minimum Gasteiger partial charge on any atom is -0.375 e. The fourth-order valence-corrected chi connectivity index (χ4v) is 10.3. The molecule has 0 aliphatic carbocycles. The number of anilines is 2. The number of thiophene rings is 2. The first-order valence-electron chi connectivity index (χ1n) is 15.3. The first-order valence-corrected chi connectivity index (χ1v) is 17.0. The summed E-state index contributed by atoms with van der Waals surface area (Å²) in [6.45, 7) is 6.63. The third-order valence-electron chi connectivity index (χ3n) is 9.44. The third kappa shape index (κ3) is 4.24. The van der Waals surface area contributed by atoms with Crippen LogP contribution in [0, 0.1) is 13.8 Å². The largest absolute Gasteiger partial charge is 0.375 e. The van der Waals surface area contributed by atoms with Crippen molar-refractivity contribution in [2.24, 2.45) is 0 Å². The Morgan fingerprint density at radius 3 is 1.07 bits per heavy atom. The monoisotopic (exact) mass is 626 g/mol. The second-order valence-corrected chi connectivity index (χ2v) is 14.3. The van der Waals surface area contributed by atoms with Crippen molar-refractivity contribution in [1.82, 2.24) is 0 Å². The van der Waals surface area contributed by atoms with Crippen LogP contribution in [0.2, 0.25) is 0 Å². The quantitative estimate of drug-likeness (QED) is 0.195. The highest BCUT2D eigenvalue weighted by atomic mass is 32.1. The fourth-order valence-electron chi connectivity index (χ4n) is 7.39. The van der Waals surface area contributed by atoms with E-state index in [2.05, 4.69) is 23.6 Å². The van der Waals surface area contributed by atoms with Crippen molar-refractivity contribution in [3.8, 4) is 0 Å². The Labute approximate surface area is 272 Å². The van der Waals surface area contributed by atoms with Crippen molar-refractivity contribution < 1.29 is 10.2 Å². The van der Waals surface area contributed by atoms with Crippen LogP contribution in [0.15, 0.2) is 121 Å². The molecule has 4 heterocycles. The molecule has 8 rings (SSSR count). The number of rotatable bonds is 6. The Hall–Kier alpha value is -4.20. The van der Waals surface area contributed by atoms with Crippen molar-refractivity contribution in [3.63, 3.8) is 0 Å². The Morgan fingerprint density at radius 1 is 0.489 bits per heavy atom. The highest BCUT2D eigenvalue weighted by Crippen LogP contribution is 2.54. The maximum Gasteiger partial charge on any atom is 0.149 e. The van der Waals surface area contributed by atoms with E-state index in [0.717, 1.165) is 62.9 Å². The highest BCUT2D eigenvalue weighted by Gasteiger charge is 2.44. The number of fused-ring (bicyclic) bond motifs is 6. The SMILES string of the molecule is Cc1c(C(O)(c2ccccc2)c2ccccc2)sc2c1N1Cc3sc(C(O)(c4ccccc4)c4ccccc4)c(C)c3N(C2)C1. The molecule has 0 fully saturated rings. The van der Waals surface area contributed by atoms with Gasteiger partial charge in [-0.1, -0.05) is 121 Å². The minimum absolute atomic E-state index is 0.760. The minimum atomic E-state index is -1.26. The fraction of sp³-hybridized carbons (Fsp3) is 0.179. The summed E-state index contributed by atoms with van der Waals surface area (Å²) >= 11 is 3.45. The van der Waals surface area contributed by atoms with Crippen LogP contribution in [0.5, 0.6) is 0 Å². The van der Waals surface area contributed by atoms with Gasteiger partial charge in [-0.3, -0.25) is 0 Å². The average molecular weight is 627 g/mol. The Balaban J connectivity index is 1.24. The van der Waals surface area contributed by atoms with E-state index in [1.165, 1.54) is 21.1 Å². The van der Waals surface area contributed by atoms with Crippen LogP contribution in [0.1, 0.15) is 52.9 Å². The molecule has 6 aromatic rings. The summed E-state index contributed by atoms with van der Waals surface area (Å²) in [4.78, 5) is 9.38. The lowest BCUT2D eigenvalue weighted by Crippen LogP contribution is -2.45. The van der Waals surface area contributed by atoms with E-state index in [4.69, 9.17) is 0 Å². The van der Waals surface area contributed by atoms with Crippen LogP contribution in [-0.4, -0.2) is 16.9 Å². The van der Waals surface area contributed by atoms with Crippen molar-refractivity contribution in [2.45, 2.75) is 38.1 Å². The zero-order valence-electron chi connectivity index (χ0n) is 25.3. The summed E-state index contributed by atoms with van der Waals surface area (Å²) in [6, 6.07) is 40.2. The van der Waals surface area contributed by atoms with Crippen LogP contribution in [0.25, 0.3) is 0 Å². The van der Waals surface area contributed by atoms with Crippen molar-refractivity contribution >= 4 is 34.0 Å². The van der Waals surface area contributed by atoms with Gasteiger partial charge in [-0.15, -0.1) is 22.7 Å². The van der Waals surface area contributed by atoms with Crippen molar-refractivity contribution in [1.29, 1.82) is 0 Å². The molecule has 0 amide bonds. The number of aliphatic hydroxyl groups is 2. The molecule has 0 radical (unpaired) electrons. The van der Waals surface area contributed by atoms with Crippen LogP contribution in [0.3, 0.4) is 0 Å². The maximum atomic E-state index is 12.7. The second-order valence-electron chi connectivity index (χ2n) is 12.1. The van der Waals surface area contributed by atoms with Crippen LogP contribution >= 0.6 is 22.7 Å². The summed E-state index contributed by atoms with van der Waals surface area (Å²) in [5.74, 6) is 0. The summed E-state index contributed by atoms with van der Waals surface area (Å²) in [6.07, 6.45) is 0. The molecule has 2 aliphatic heterocycles. The van der Waals surface area contributed by atoms with Gasteiger partial charge in [0, 0.05) is 9.75 Å². The molecule has 0 spiro atoms. The molecular weight excluding hydrogens is 593 g/mol. The Morgan fingerprint density at radius 2 is 0.778 bits per heavy atom. The molecule has 0 saturated heterocycles. The van der Waals surface area contributed by atoms with E-state index in [1.54, 1.807) is 22.7 Å². The molecule has 45 heavy (non-hydrogen) atoms. The van der Waals surface area contributed by atoms with Crippen LogP contribution in [-0.2, 0) is 24.3 Å². The first-order chi connectivity index (χ1) is 21.9. The van der Waals surface area contributed by atoms with Gasteiger partial charge in [0.1, 0.15) is 11.2 Å². The van der Waals surface area contributed by atoms with Crippen LogP contribution < -0.4 is 9.80 Å². The van der Waals surface area contributed by atoms with Gasteiger partial charge in [-0.2, -0.15) is 0 Å². The molecule has 6 heteroatoms. The Bertz CT molecular complexity index is 1760. The van der Waals surface area contributed by atoms with Gasteiger partial charge >= 0.3 is 0 Å². The smallest absolute Gasteiger partial charge is 0.149 e. The van der Waals surface area contributed by atoms with Gasteiger partial charge in [0.15, 0.2) is 0 Å². The molecule has 0 saturated carbocycles. The zero-order chi connectivity index (χ0) is 30.8. The standard InChI is InChI=1S/C39H34N2O2S2/c1-26-34-32(44-36(26)38(42,28-15-7-3-8-16-28)29-17-9-4-10-18-29)23-41-25-40(34)24-33-35(41)27(2)37(45-33)39(43,30-19-11-5-12-20-30)31-21-13-6-14-22-31/h3-22,42-43H,23-25H2,1-2H3. The molecule has 0 atom stereocenters. The predicted octanol–water partition coefficient (Wildman–Crippen LogP) is 8.29. The predicted molar refractivity (Wildman–Crippen MR) is 185 cm³/mol. The molecule has 224 valence electrons. The lowest BCUT2D eigenvalue weighted by Gasteiger charge is -2.43. The van der Waals surface area contributed by atoms with E-state index >= 15 is 0 Å². The number of hydrogen-bond acceptors (Lipinski definition) is 6. The van der Waals surface area contributed by atoms with Crippen molar-refractivity contribution in [3.05, 3.63) is 174 Å². The molecule has 2 aliphatic rings. The number of benzene rings is 4. The summed E-state index contributed by atoms with van der Waals surface area (Å²) in [7, 11) is 0. The lowest BCUT2D eigenvalue weighted by atomic mass is 9.83. The molecule has 4 nitrogen and oxygen atoms in total. The zero-order valence-corrected chi connectivity index (χ0v) is 26.9. The molecule has 4 aromatic carbocycles. The highest BCUT2D eigenvalue weighted by molar-refractivity contribution is 7.13. The van der Waals surface area contributed by atoms with E-state index in [0.29, 0.717) is 0 Å². The molecule has 2 bridgehead atoms. The summed E-state index contributed by atoms with van der Waals surface area (Å²) in [5, 5.41) is 25.3. The number of nitrogens with zero attached hydrogens (tertiary/aromatic N) is 2. The molecule has 0 unspecified atom stereocenters. The van der Waals surface area contributed by atoms with E-state index in [-0.39, 0.29) is 0 Å². The normalized spacial score (nSPS) is 14.3. The van der Waals surface area contributed by atoms with Crippen LogP contribution in [0.4, 0.5) is 11.4 Å². The van der Waals surface area contributed by atoms with Gasteiger partial charge in [0.25, 0.3) is 0 Å². The molecular formula is C39H34N2O2S2. The van der Waals surface area contributed by atoms with E-state index in [1.807, 2.05) is 121 Å². The van der Waals surface area contributed by atoms with E-state index < -0.39 is 11.2 Å². The summed E-state index contributed by atoms with van der Waals surface area (Å²) < 4.78 is 0. The topological polar surface area (TPSA) is 46.9 Å². The van der Waals surface area contributed by atoms with Gasteiger partial charge in [-0.05, 0) is 47.2 Å². The first kappa shape index (κ1) is 28.3. The molecule has 2 aromatic heterocycles. The van der Waals surface area contributed by atoms with Gasteiger partial charge in [0.2, 0.25) is 0 Å². The second kappa shape index (κ2) is 10.7. The van der Waals surface area contributed by atoms with Gasteiger partial charge in [0.05, 0.1) is 40.9 Å². The lowest BCUT2D eigenvalue weighted by molar-refractivity contribution is 0.128. The van der Waals surface area contributed by atoms with Gasteiger partial charge < -0.3 is 20.0 Å². The maximum absolute atomic E-state index is 12.7. The summed E-state index contributed by atoms with van der Waals surface area (Å²) in [5.41, 5.74) is 5.71. The molecule has 2 N–H and O–H groups in total.